The molecule has 1 aromatic carbocycles. The highest BCUT2D eigenvalue weighted by molar-refractivity contribution is 7.98. The van der Waals surface area contributed by atoms with Crippen LogP contribution in [0.3, 0.4) is 0 Å². The van der Waals surface area contributed by atoms with Gasteiger partial charge in [-0.15, -0.1) is 24.9 Å². The number of nitrogens with zero attached hydrogens (tertiary/aromatic N) is 2. The topological polar surface area (TPSA) is 102 Å². The Bertz CT molecular complexity index is 1210. The van der Waals surface area contributed by atoms with Crippen LogP contribution in [0.1, 0.15) is 36.7 Å². The molecule has 0 radical (unpaired) electrons. The zero-order valence-corrected chi connectivity index (χ0v) is 20.4. The van der Waals surface area contributed by atoms with Gasteiger partial charge in [0.25, 0.3) is 5.91 Å². The number of amides is 2. The largest absolute Gasteiger partial charge is 0.573 e. The van der Waals surface area contributed by atoms with Gasteiger partial charge in [-0.25, -0.2) is 14.8 Å². The number of anilines is 2. The molecular formula is C24H23F3N4O4S. The molecule has 3 aromatic rings. The molecule has 0 bridgehead atoms. The first-order valence-electron chi connectivity index (χ1n) is 10.6. The number of thioether (sulfide) groups is 1. The lowest BCUT2D eigenvalue weighted by Crippen LogP contribution is -2.27. The quantitative estimate of drug-likeness (QED) is 0.354. The second-order valence-electron chi connectivity index (χ2n) is 8.35. The number of ether oxygens (including phenoxy) is 2. The van der Waals surface area contributed by atoms with E-state index in [1.165, 1.54) is 23.9 Å². The van der Waals surface area contributed by atoms with Gasteiger partial charge in [0.05, 0.1) is 5.56 Å². The van der Waals surface area contributed by atoms with E-state index in [1.54, 1.807) is 57.4 Å². The van der Waals surface area contributed by atoms with Crippen molar-refractivity contribution in [2.45, 2.75) is 43.5 Å². The number of carbonyl (C=O) groups excluding carboxylic acids is 2. The molecule has 12 heteroatoms. The molecule has 2 amide bonds. The Labute approximate surface area is 209 Å². The number of hydrogen-bond donors (Lipinski definition) is 2. The molecule has 0 saturated heterocycles. The Morgan fingerprint density at radius 1 is 0.972 bits per heavy atom. The molecule has 8 nitrogen and oxygen atoms in total. The zero-order valence-electron chi connectivity index (χ0n) is 19.6. The van der Waals surface area contributed by atoms with Gasteiger partial charge in [-0.3, -0.25) is 10.1 Å². The summed E-state index contributed by atoms with van der Waals surface area (Å²) in [5.41, 5.74) is 0.755. The summed E-state index contributed by atoms with van der Waals surface area (Å²) in [6.45, 7) is 5.27. The van der Waals surface area contributed by atoms with Crippen LogP contribution in [-0.4, -0.2) is 33.9 Å². The summed E-state index contributed by atoms with van der Waals surface area (Å²) in [7, 11) is 0. The first kappa shape index (κ1) is 26.8. The monoisotopic (exact) mass is 520 g/mol. The standard InChI is InChI=1S/C24H23F3N4O4S/c1-23(2,3)35-22(33)31-19-13-15(10-12-28-19)14-36-21-18(5-4-11-29-21)20(32)30-16-6-8-17(9-7-16)34-24(25,26)27/h4-13H,14H2,1-3H3,(H,30,32)(H,28,31,33). The fraction of sp³-hybridized carbons (Fsp3) is 0.250. The fourth-order valence-electron chi connectivity index (χ4n) is 2.81. The Morgan fingerprint density at radius 2 is 1.69 bits per heavy atom. The minimum absolute atomic E-state index is 0.291. The van der Waals surface area contributed by atoms with E-state index in [2.05, 4.69) is 25.3 Å². The predicted octanol–water partition coefficient (Wildman–Crippen LogP) is 6.27. The Morgan fingerprint density at radius 3 is 2.36 bits per heavy atom. The SMILES string of the molecule is CC(C)(C)OC(=O)Nc1cc(CSc2ncccc2C(=O)Nc2ccc(OC(F)(F)F)cc2)ccn1. The van der Waals surface area contributed by atoms with Crippen LogP contribution in [0, 0.1) is 0 Å². The van der Waals surface area contributed by atoms with E-state index in [0.29, 0.717) is 27.8 Å². The Hall–Kier alpha value is -3.80. The second kappa shape index (κ2) is 11.3. The van der Waals surface area contributed by atoms with Gasteiger partial charge in [0.2, 0.25) is 0 Å². The molecule has 36 heavy (non-hydrogen) atoms. The average molecular weight is 521 g/mol. The number of aromatic nitrogens is 2. The van der Waals surface area contributed by atoms with E-state index in [0.717, 1.165) is 17.7 Å². The summed E-state index contributed by atoms with van der Waals surface area (Å²) in [5.74, 6) is -0.126. The molecular weight excluding hydrogens is 497 g/mol. The van der Waals surface area contributed by atoms with Crippen molar-refractivity contribution in [3.63, 3.8) is 0 Å². The van der Waals surface area contributed by atoms with Crippen LogP contribution in [0.5, 0.6) is 5.75 Å². The van der Waals surface area contributed by atoms with Crippen molar-refractivity contribution in [3.05, 3.63) is 72.1 Å². The summed E-state index contributed by atoms with van der Waals surface area (Å²) in [6, 6.07) is 11.5. The van der Waals surface area contributed by atoms with Crippen LogP contribution < -0.4 is 15.4 Å². The van der Waals surface area contributed by atoms with Crippen molar-refractivity contribution in [2.24, 2.45) is 0 Å². The van der Waals surface area contributed by atoms with Crippen LogP contribution in [-0.2, 0) is 10.5 Å². The number of nitrogens with one attached hydrogen (secondary N) is 2. The lowest BCUT2D eigenvalue weighted by Gasteiger charge is -2.19. The van der Waals surface area contributed by atoms with Crippen LogP contribution in [0.25, 0.3) is 0 Å². The van der Waals surface area contributed by atoms with Crippen molar-refractivity contribution < 1.29 is 32.2 Å². The summed E-state index contributed by atoms with van der Waals surface area (Å²) < 4.78 is 46.0. The Balaban J connectivity index is 1.63. The van der Waals surface area contributed by atoms with Crippen LogP contribution in [0.2, 0.25) is 0 Å². The van der Waals surface area contributed by atoms with Crippen molar-refractivity contribution >= 4 is 35.3 Å². The van der Waals surface area contributed by atoms with Gasteiger partial charge in [0.15, 0.2) is 0 Å². The van der Waals surface area contributed by atoms with Crippen molar-refractivity contribution in [1.82, 2.24) is 9.97 Å². The smallest absolute Gasteiger partial charge is 0.444 e. The molecule has 0 spiro atoms. The minimum atomic E-state index is -4.80. The highest BCUT2D eigenvalue weighted by Crippen LogP contribution is 2.27. The van der Waals surface area contributed by atoms with Crippen molar-refractivity contribution in [1.29, 1.82) is 0 Å². The average Bonchev–Trinajstić information content (AvgIpc) is 2.77. The number of halogens is 3. The molecule has 0 aliphatic rings. The molecule has 190 valence electrons. The van der Waals surface area contributed by atoms with E-state index >= 15 is 0 Å². The molecule has 0 saturated carbocycles. The minimum Gasteiger partial charge on any atom is -0.444 e. The highest BCUT2D eigenvalue weighted by Gasteiger charge is 2.31. The van der Waals surface area contributed by atoms with E-state index in [1.807, 2.05) is 0 Å². The lowest BCUT2D eigenvalue weighted by atomic mass is 10.2. The molecule has 0 aliphatic carbocycles. The molecule has 0 atom stereocenters. The van der Waals surface area contributed by atoms with Gasteiger partial charge in [0.1, 0.15) is 22.2 Å². The van der Waals surface area contributed by atoms with Gasteiger partial charge in [-0.05, 0) is 74.9 Å². The third kappa shape index (κ3) is 8.77. The number of pyridine rings is 2. The molecule has 0 aliphatic heterocycles. The number of carbonyl (C=O) groups is 2. The summed E-state index contributed by atoms with van der Waals surface area (Å²) in [4.78, 5) is 33.2. The van der Waals surface area contributed by atoms with Crippen molar-refractivity contribution in [2.75, 3.05) is 10.6 Å². The van der Waals surface area contributed by atoms with Gasteiger partial charge in [0, 0.05) is 23.8 Å². The summed E-state index contributed by atoms with van der Waals surface area (Å²) in [6.07, 6.45) is -2.33. The van der Waals surface area contributed by atoms with Gasteiger partial charge in [-0.1, -0.05) is 0 Å². The lowest BCUT2D eigenvalue weighted by molar-refractivity contribution is -0.274. The fourth-order valence-corrected chi connectivity index (χ4v) is 3.74. The molecule has 2 heterocycles. The van der Waals surface area contributed by atoms with Crippen LogP contribution in [0.4, 0.5) is 29.5 Å². The number of hydrogen-bond acceptors (Lipinski definition) is 7. The second-order valence-corrected chi connectivity index (χ2v) is 9.31. The van der Waals surface area contributed by atoms with E-state index in [-0.39, 0.29) is 0 Å². The number of benzene rings is 1. The molecule has 2 aromatic heterocycles. The Kier molecular flexibility index (Phi) is 8.41. The van der Waals surface area contributed by atoms with E-state index < -0.39 is 29.7 Å². The van der Waals surface area contributed by atoms with Gasteiger partial charge in [-0.2, -0.15) is 0 Å². The third-order valence-electron chi connectivity index (χ3n) is 4.19. The zero-order chi connectivity index (χ0) is 26.3. The first-order valence-corrected chi connectivity index (χ1v) is 11.6. The van der Waals surface area contributed by atoms with Gasteiger partial charge < -0.3 is 14.8 Å². The van der Waals surface area contributed by atoms with Crippen molar-refractivity contribution in [3.8, 4) is 5.75 Å². The van der Waals surface area contributed by atoms with Crippen LogP contribution in [0.15, 0.2) is 66.0 Å². The highest BCUT2D eigenvalue weighted by atomic mass is 32.2. The maximum absolute atomic E-state index is 12.8. The van der Waals surface area contributed by atoms with Gasteiger partial charge >= 0.3 is 12.5 Å². The first-order chi connectivity index (χ1) is 16.9. The maximum atomic E-state index is 12.8. The summed E-state index contributed by atoms with van der Waals surface area (Å²) in [5, 5.41) is 5.66. The number of rotatable bonds is 7. The molecule has 0 fully saturated rings. The number of alkyl halides is 3. The normalized spacial score (nSPS) is 11.5. The van der Waals surface area contributed by atoms with E-state index in [9.17, 15) is 22.8 Å². The molecule has 3 rings (SSSR count). The van der Waals surface area contributed by atoms with E-state index in [4.69, 9.17) is 4.74 Å². The molecule has 0 unspecified atom stereocenters. The predicted molar refractivity (Wildman–Crippen MR) is 129 cm³/mol. The third-order valence-corrected chi connectivity index (χ3v) is 5.27. The van der Waals surface area contributed by atoms with Crippen LogP contribution >= 0.6 is 11.8 Å². The molecule has 2 N–H and O–H groups in total. The summed E-state index contributed by atoms with van der Waals surface area (Å²) >= 11 is 1.30. The maximum Gasteiger partial charge on any atom is 0.573 e.